The van der Waals surface area contributed by atoms with Gasteiger partial charge in [0.25, 0.3) is 5.91 Å². The maximum atomic E-state index is 12.3. The first-order valence-corrected chi connectivity index (χ1v) is 11.1. The molecule has 0 radical (unpaired) electrons. The highest BCUT2D eigenvalue weighted by Gasteiger charge is 2.37. The number of carbonyl (C=O) groups excluding carboxylic acids is 1. The minimum atomic E-state index is -3.71. The van der Waals surface area contributed by atoms with Gasteiger partial charge in [0.1, 0.15) is 5.84 Å². The second-order valence-corrected chi connectivity index (χ2v) is 8.39. The van der Waals surface area contributed by atoms with Crippen LogP contribution in [0.25, 0.3) is 6.08 Å². The van der Waals surface area contributed by atoms with Crippen molar-refractivity contribution in [2.24, 2.45) is 9.39 Å². The van der Waals surface area contributed by atoms with Crippen molar-refractivity contribution in [1.82, 2.24) is 4.90 Å². The van der Waals surface area contributed by atoms with Gasteiger partial charge in [-0.1, -0.05) is 17.8 Å². The Labute approximate surface area is 164 Å². The zero-order valence-electron chi connectivity index (χ0n) is 14.4. The molecule has 142 valence electrons. The van der Waals surface area contributed by atoms with Crippen LogP contribution in [0.1, 0.15) is 5.56 Å². The van der Waals surface area contributed by atoms with Crippen molar-refractivity contribution in [2.45, 2.75) is 0 Å². The number of amides is 1. The van der Waals surface area contributed by atoms with Gasteiger partial charge in [-0.3, -0.25) is 10.2 Å². The third-order valence-electron chi connectivity index (χ3n) is 3.42. The van der Waals surface area contributed by atoms with E-state index >= 15 is 0 Å². The SMILES string of the molecule is COc1cc(/C=C2/C(=N)N3C(SC)=NSC3=NC2=O)ccc1OS(C)(=O)=O. The molecule has 9 nitrogen and oxygen atoms in total. The van der Waals surface area contributed by atoms with Crippen LogP contribution in [0.3, 0.4) is 0 Å². The number of hydrogen-bond acceptors (Lipinski definition) is 9. The number of thioether (sulfide) groups is 1. The number of carbonyl (C=O) groups is 1. The number of benzene rings is 1. The molecule has 1 N–H and O–H groups in total. The zero-order valence-corrected chi connectivity index (χ0v) is 16.9. The Bertz CT molecular complexity index is 1030. The molecule has 0 fully saturated rings. The predicted octanol–water partition coefficient (Wildman–Crippen LogP) is 1.97. The highest BCUT2D eigenvalue weighted by Crippen LogP contribution is 2.33. The lowest BCUT2D eigenvalue weighted by atomic mass is 10.1. The summed E-state index contributed by atoms with van der Waals surface area (Å²) in [4.78, 5) is 17.8. The Morgan fingerprint density at radius 1 is 1.33 bits per heavy atom. The van der Waals surface area contributed by atoms with Crippen LogP contribution in [-0.4, -0.2) is 55.0 Å². The smallest absolute Gasteiger partial charge is 0.306 e. The monoisotopic (exact) mass is 426 g/mol. The molecule has 1 aromatic rings. The maximum Gasteiger partial charge on any atom is 0.306 e. The number of amidine groups is 3. The third-order valence-corrected chi connectivity index (χ3v) is 5.35. The van der Waals surface area contributed by atoms with Gasteiger partial charge in [0.2, 0.25) is 5.17 Å². The zero-order chi connectivity index (χ0) is 19.8. The molecule has 0 saturated heterocycles. The van der Waals surface area contributed by atoms with E-state index in [1.54, 1.807) is 6.07 Å². The van der Waals surface area contributed by atoms with Crippen LogP contribution in [-0.2, 0) is 14.9 Å². The molecule has 0 unspecified atom stereocenters. The van der Waals surface area contributed by atoms with Gasteiger partial charge in [0.05, 0.1) is 30.9 Å². The fourth-order valence-corrected chi connectivity index (χ4v) is 4.22. The topological polar surface area (TPSA) is 121 Å². The van der Waals surface area contributed by atoms with Gasteiger partial charge < -0.3 is 8.92 Å². The number of methoxy groups -OCH3 is 1. The molecule has 3 rings (SSSR count). The predicted molar refractivity (Wildman–Crippen MR) is 107 cm³/mol. The van der Waals surface area contributed by atoms with E-state index < -0.39 is 16.0 Å². The van der Waals surface area contributed by atoms with E-state index in [1.165, 1.54) is 42.0 Å². The minimum Gasteiger partial charge on any atom is -0.493 e. The van der Waals surface area contributed by atoms with Crippen molar-refractivity contribution in [2.75, 3.05) is 19.6 Å². The number of hydrogen-bond donors (Lipinski definition) is 1. The largest absolute Gasteiger partial charge is 0.493 e. The minimum absolute atomic E-state index is 0.0280. The molecular formula is C15H14N4O5S3. The van der Waals surface area contributed by atoms with Crippen LogP contribution in [0.2, 0.25) is 0 Å². The normalized spacial score (nSPS) is 18.3. The van der Waals surface area contributed by atoms with Crippen LogP contribution in [0, 0.1) is 5.41 Å². The molecule has 2 aliphatic heterocycles. The molecule has 1 aromatic carbocycles. The molecular weight excluding hydrogens is 412 g/mol. The highest BCUT2D eigenvalue weighted by molar-refractivity contribution is 8.18. The molecule has 0 saturated carbocycles. The summed E-state index contributed by atoms with van der Waals surface area (Å²) in [6, 6.07) is 4.48. The maximum absolute atomic E-state index is 12.3. The molecule has 12 heteroatoms. The summed E-state index contributed by atoms with van der Waals surface area (Å²) >= 11 is 2.40. The molecule has 27 heavy (non-hydrogen) atoms. The van der Waals surface area contributed by atoms with E-state index in [2.05, 4.69) is 9.39 Å². The van der Waals surface area contributed by atoms with Gasteiger partial charge in [-0.15, -0.1) is 0 Å². The second kappa shape index (κ2) is 7.37. The van der Waals surface area contributed by atoms with Crippen molar-refractivity contribution in [3.05, 3.63) is 29.3 Å². The van der Waals surface area contributed by atoms with E-state index in [-0.39, 0.29) is 22.9 Å². The second-order valence-electron chi connectivity index (χ2n) is 5.31. The standard InChI is InChI=1S/C15H14N4O5S3/c1-23-11-7-8(4-5-10(11)24-27(3,21)22)6-9-12(16)19-14(17-13(9)20)26-18-15(19)25-2/h4-7,16H,1-3H3/b9-6-,16-12?. The van der Waals surface area contributed by atoms with Crippen LogP contribution < -0.4 is 8.92 Å². The van der Waals surface area contributed by atoms with E-state index in [9.17, 15) is 13.2 Å². The summed E-state index contributed by atoms with van der Waals surface area (Å²) < 4.78 is 36.8. The number of nitrogens with zero attached hydrogens (tertiary/aromatic N) is 3. The Kier molecular flexibility index (Phi) is 5.31. The number of ether oxygens (including phenoxy) is 1. The van der Waals surface area contributed by atoms with E-state index in [0.29, 0.717) is 15.9 Å². The van der Waals surface area contributed by atoms with Crippen molar-refractivity contribution in [3.8, 4) is 11.5 Å². The van der Waals surface area contributed by atoms with Gasteiger partial charge in [0, 0.05) is 0 Å². The Hall–Kier alpha value is -2.31. The first-order valence-electron chi connectivity index (χ1n) is 7.33. The van der Waals surface area contributed by atoms with Crippen LogP contribution in [0.4, 0.5) is 0 Å². The molecule has 1 amide bonds. The summed E-state index contributed by atoms with van der Waals surface area (Å²) in [5, 5.41) is 9.27. The summed E-state index contributed by atoms with van der Waals surface area (Å²) in [7, 11) is -2.34. The first-order chi connectivity index (χ1) is 12.7. The lowest BCUT2D eigenvalue weighted by Gasteiger charge is -2.23. The number of nitrogens with one attached hydrogen (secondary N) is 1. The molecule has 0 aromatic heterocycles. The summed E-state index contributed by atoms with van der Waals surface area (Å²) in [6.07, 6.45) is 4.23. The summed E-state index contributed by atoms with van der Waals surface area (Å²) in [5.74, 6) is -0.373. The summed E-state index contributed by atoms with van der Waals surface area (Å²) in [6.45, 7) is 0. The van der Waals surface area contributed by atoms with Crippen LogP contribution >= 0.6 is 23.7 Å². The summed E-state index contributed by atoms with van der Waals surface area (Å²) in [5.41, 5.74) is 0.607. The molecule has 0 atom stereocenters. The number of aliphatic imine (C=N–C) groups is 1. The first kappa shape index (κ1) is 19.5. The lowest BCUT2D eigenvalue weighted by molar-refractivity contribution is -0.114. The Morgan fingerprint density at radius 3 is 2.70 bits per heavy atom. The fraction of sp³-hybridized carbons (Fsp3) is 0.200. The van der Waals surface area contributed by atoms with Gasteiger partial charge in [-0.05, 0) is 30.0 Å². The lowest BCUT2D eigenvalue weighted by Crippen LogP contribution is -2.41. The molecule has 2 aliphatic rings. The fourth-order valence-electron chi connectivity index (χ4n) is 2.31. The van der Waals surface area contributed by atoms with E-state index in [4.69, 9.17) is 14.3 Å². The number of rotatable bonds is 4. The van der Waals surface area contributed by atoms with Crippen LogP contribution in [0.5, 0.6) is 11.5 Å². The van der Waals surface area contributed by atoms with Crippen molar-refractivity contribution in [1.29, 1.82) is 5.41 Å². The van der Waals surface area contributed by atoms with E-state index in [0.717, 1.165) is 18.2 Å². The van der Waals surface area contributed by atoms with Gasteiger partial charge >= 0.3 is 10.1 Å². The van der Waals surface area contributed by atoms with Crippen molar-refractivity contribution < 1.29 is 22.1 Å². The molecule has 0 aliphatic carbocycles. The molecule has 2 heterocycles. The van der Waals surface area contributed by atoms with E-state index in [1.807, 2.05) is 6.26 Å². The molecule has 0 bridgehead atoms. The van der Waals surface area contributed by atoms with Crippen molar-refractivity contribution >= 4 is 62.0 Å². The third kappa shape index (κ3) is 4.01. The van der Waals surface area contributed by atoms with Gasteiger partial charge in [-0.25, -0.2) is 4.90 Å². The highest BCUT2D eigenvalue weighted by atomic mass is 32.2. The van der Waals surface area contributed by atoms with Crippen molar-refractivity contribution in [3.63, 3.8) is 0 Å². The average molecular weight is 427 g/mol. The van der Waals surface area contributed by atoms with Crippen LogP contribution in [0.15, 0.2) is 33.2 Å². The molecule has 0 spiro atoms. The quantitative estimate of drug-likeness (QED) is 0.441. The Balaban J connectivity index is 1.98. The average Bonchev–Trinajstić information content (AvgIpc) is 3.01. The van der Waals surface area contributed by atoms with Gasteiger partial charge in [0.15, 0.2) is 16.7 Å². The Morgan fingerprint density at radius 2 is 2.07 bits per heavy atom. The number of fused-ring (bicyclic) bond motifs is 1. The van der Waals surface area contributed by atoms with Gasteiger partial charge in [-0.2, -0.15) is 17.8 Å².